The summed E-state index contributed by atoms with van der Waals surface area (Å²) in [6.07, 6.45) is 4.58. The van der Waals surface area contributed by atoms with Crippen molar-refractivity contribution in [2.45, 2.75) is 22.9 Å². The van der Waals surface area contributed by atoms with Crippen molar-refractivity contribution >= 4 is 27.7 Å². The van der Waals surface area contributed by atoms with E-state index in [9.17, 15) is 5.11 Å². The van der Waals surface area contributed by atoms with Crippen molar-refractivity contribution in [3.8, 4) is 0 Å². The number of halogens is 1. The van der Waals surface area contributed by atoms with Gasteiger partial charge in [-0.2, -0.15) is 0 Å². The molecule has 0 aliphatic heterocycles. The molecule has 2 aromatic rings. The Kier molecular flexibility index (Phi) is 4.15. The van der Waals surface area contributed by atoms with Crippen molar-refractivity contribution < 1.29 is 5.11 Å². The minimum atomic E-state index is -0.457. The topological polar surface area (TPSA) is 46.0 Å². The van der Waals surface area contributed by atoms with Crippen LogP contribution >= 0.6 is 27.7 Å². The monoisotopic (exact) mass is 310 g/mol. The second-order valence-electron chi connectivity index (χ2n) is 3.51. The normalized spacial score (nSPS) is 12.4. The molecule has 88 valence electrons. The molecule has 2 rings (SSSR count). The average Bonchev–Trinajstić information content (AvgIpc) is 2.33. The maximum atomic E-state index is 9.48. The molecule has 0 spiro atoms. The van der Waals surface area contributed by atoms with Gasteiger partial charge in [0.05, 0.1) is 12.3 Å². The van der Waals surface area contributed by atoms with Crippen LogP contribution in [0.3, 0.4) is 0 Å². The largest absolute Gasteiger partial charge is 0.389 e. The molecule has 5 heteroatoms. The molecule has 0 bridgehead atoms. The predicted octanol–water partition coefficient (Wildman–Crippen LogP) is 3.44. The van der Waals surface area contributed by atoms with E-state index in [1.807, 2.05) is 18.2 Å². The number of benzene rings is 1. The molecular formula is C12H11BrN2OS. The van der Waals surface area contributed by atoms with Crippen LogP contribution in [0.15, 0.2) is 51.2 Å². The molecule has 0 aliphatic rings. The zero-order valence-corrected chi connectivity index (χ0v) is 11.6. The highest BCUT2D eigenvalue weighted by atomic mass is 79.9. The van der Waals surface area contributed by atoms with Crippen molar-refractivity contribution in [2.75, 3.05) is 0 Å². The summed E-state index contributed by atoms with van der Waals surface area (Å²) in [4.78, 5) is 9.27. The number of aliphatic hydroxyl groups is 1. The summed E-state index contributed by atoms with van der Waals surface area (Å²) < 4.78 is 0.951. The fraction of sp³-hybridized carbons (Fsp3) is 0.167. The van der Waals surface area contributed by atoms with Crippen LogP contribution in [-0.4, -0.2) is 15.1 Å². The van der Waals surface area contributed by atoms with Crippen LogP contribution in [-0.2, 0) is 0 Å². The third-order valence-electron chi connectivity index (χ3n) is 2.19. The van der Waals surface area contributed by atoms with E-state index in [1.165, 1.54) is 11.8 Å². The minimum absolute atomic E-state index is 0.457. The molecule has 1 heterocycles. The van der Waals surface area contributed by atoms with Gasteiger partial charge in [-0.1, -0.05) is 17.8 Å². The Morgan fingerprint density at radius 1 is 1.35 bits per heavy atom. The first kappa shape index (κ1) is 12.5. The highest BCUT2D eigenvalue weighted by molar-refractivity contribution is 9.10. The molecule has 0 saturated heterocycles. The maximum absolute atomic E-state index is 9.48. The van der Waals surface area contributed by atoms with E-state index < -0.39 is 6.10 Å². The van der Waals surface area contributed by atoms with Crippen molar-refractivity contribution in [3.05, 3.63) is 46.8 Å². The smallest absolute Gasteiger partial charge is 0.119 e. The van der Waals surface area contributed by atoms with Crippen LogP contribution in [0.4, 0.5) is 0 Å². The first-order valence-corrected chi connectivity index (χ1v) is 6.69. The summed E-state index contributed by atoms with van der Waals surface area (Å²) in [5.74, 6) is 0. The van der Waals surface area contributed by atoms with Gasteiger partial charge < -0.3 is 5.11 Å². The first-order valence-electron chi connectivity index (χ1n) is 5.08. The SMILES string of the molecule is C[C@H](O)c1ccc(Sc2cnccn2)c(Br)c1. The summed E-state index contributed by atoms with van der Waals surface area (Å²) in [6, 6.07) is 5.79. The van der Waals surface area contributed by atoms with E-state index in [4.69, 9.17) is 0 Å². The molecule has 17 heavy (non-hydrogen) atoms. The molecule has 0 aliphatic carbocycles. The molecule has 1 aromatic carbocycles. The molecule has 1 N–H and O–H groups in total. The fourth-order valence-corrected chi connectivity index (χ4v) is 2.69. The lowest BCUT2D eigenvalue weighted by molar-refractivity contribution is 0.199. The van der Waals surface area contributed by atoms with Crippen LogP contribution in [0.5, 0.6) is 0 Å². The number of rotatable bonds is 3. The first-order chi connectivity index (χ1) is 8.16. The van der Waals surface area contributed by atoms with Gasteiger partial charge in [0.2, 0.25) is 0 Å². The van der Waals surface area contributed by atoms with Gasteiger partial charge in [-0.05, 0) is 40.5 Å². The zero-order valence-electron chi connectivity index (χ0n) is 9.17. The number of hydrogen-bond donors (Lipinski definition) is 1. The van der Waals surface area contributed by atoms with E-state index in [0.29, 0.717) is 0 Å². The molecule has 0 amide bonds. The quantitative estimate of drug-likeness (QED) is 0.943. The minimum Gasteiger partial charge on any atom is -0.389 e. The second kappa shape index (κ2) is 5.62. The van der Waals surface area contributed by atoms with Crippen molar-refractivity contribution in [3.63, 3.8) is 0 Å². The van der Waals surface area contributed by atoms with Crippen LogP contribution in [0.25, 0.3) is 0 Å². The van der Waals surface area contributed by atoms with Crippen molar-refractivity contribution in [1.82, 2.24) is 9.97 Å². The molecule has 3 nitrogen and oxygen atoms in total. The van der Waals surface area contributed by atoms with Crippen LogP contribution < -0.4 is 0 Å². The van der Waals surface area contributed by atoms with Gasteiger partial charge in [-0.25, -0.2) is 4.98 Å². The third kappa shape index (κ3) is 3.28. The number of hydrogen-bond acceptors (Lipinski definition) is 4. The van der Waals surface area contributed by atoms with Gasteiger partial charge >= 0.3 is 0 Å². The van der Waals surface area contributed by atoms with Gasteiger partial charge in [0, 0.05) is 21.8 Å². The van der Waals surface area contributed by atoms with Crippen LogP contribution in [0.2, 0.25) is 0 Å². The van der Waals surface area contributed by atoms with Gasteiger partial charge in [0.15, 0.2) is 0 Å². The standard InChI is InChI=1S/C12H11BrN2OS/c1-8(16)9-2-3-11(10(13)6-9)17-12-7-14-4-5-15-12/h2-8,16H,1H3/t8-/m0/s1. The molecule has 0 saturated carbocycles. The number of aliphatic hydroxyl groups excluding tert-OH is 1. The summed E-state index contributed by atoms with van der Waals surface area (Å²) >= 11 is 5.03. The second-order valence-corrected chi connectivity index (χ2v) is 5.43. The van der Waals surface area contributed by atoms with E-state index in [-0.39, 0.29) is 0 Å². The molecule has 0 radical (unpaired) electrons. The van der Waals surface area contributed by atoms with Gasteiger partial charge in [0.25, 0.3) is 0 Å². The lowest BCUT2D eigenvalue weighted by Gasteiger charge is -2.08. The van der Waals surface area contributed by atoms with E-state index >= 15 is 0 Å². The van der Waals surface area contributed by atoms with E-state index in [2.05, 4.69) is 25.9 Å². The Balaban J connectivity index is 2.23. The Labute approximate surface area is 112 Å². The van der Waals surface area contributed by atoms with E-state index in [1.54, 1.807) is 25.5 Å². The summed E-state index contributed by atoms with van der Waals surface area (Å²) in [5, 5.41) is 10.3. The highest BCUT2D eigenvalue weighted by Gasteiger charge is 2.07. The van der Waals surface area contributed by atoms with Gasteiger partial charge in [-0.15, -0.1) is 0 Å². The van der Waals surface area contributed by atoms with Crippen LogP contribution in [0.1, 0.15) is 18.6 Å². The molecule has 0 fully saturated rings. The zero-order chi connectivity index (χ0) is 12.3. The molecule has 1 atom stereocenters. The summed E-state index contributed by atoms with van der Waals surface area (Å²) in [5.41, 5.74) is 0.889. The molecule has 1 aromatic heterocycles. The third-order valence-corrected chi connectivity index (χ3v) is 4.11. The Morgan fingerprint density at radius 3 is 2.76 bits per heavy atom. The van der Waals surface area contributed by atoms with Crippen molar-refractivity contribution in [1.29, 1.82) is 0 Å². The van der Waals surface area contributed by atoms with Crippen LogP contribution in [0, 0.1) is 0 Å². The number of nitrogens with zero attached hydrogens (tertiary/aromatic N) is 2. The lowest BCUT2D eigenvalue weighted by atomic mass is 10.1. The highest BCUT2D eigenvalue weighted by Crippen LogP contribution is 2.33. The maximum Gasteiger partial charge on any atom is 0.119 e. The summed E-state index contributed by atoms with van der Waals surface area (Å²) in [7, 11) is 0. The predicted molar refractivity (Wildman–Crippen MR) is 70.9 cm³/mol. The fourth-order valence-electron chi connectivity index (χ4n) is 1.31. The Bertz CT molecular complexity index is 505. The average molecular weight is 311 g/mol. The molecular weight excluding hydrogens is 300 g/mol. The number of aromatic nitrogens is 2. The van der Waals surface area contributed by atoms with E-state index in [0.717, 1.165) is 20.0 Å². The Hall–Kier alpha value is -0.910. The van der Waals surface area contributed by atoms with Crippen molar-refractivity contribution in [2.24, 2.45) is 0 Å². The Morgan fingerprint density at radius 2 is 2.18 bits per heavy atom. The summed E-state index contributed by atoms with van der Waals surface area (Å²) in [6.45, 7) is 1.75. The molecule has 0 unspecified atom stereocenters. The van der Waals surface area contributed by atoms with Gasteiger partial charge in [-0.3, -0.25) is 4.98 Å². The van der Waals surface area contributed by atoms with Gasteiger partial charge in [0.1, 0.15) is 5.03 Å². The lowest BCUT2D eigenvalue weighted by Crippen LogP contribution is -1.91.